The molecule has 28 heavy (non-hydrogen) atoms. The summed E-state index contributed by atoms with van der Waals surface area (Å²) < 4.78 is 36.8. The molecule has 1 aromatic rings. The van der Waals surface area contributed by atoms with Gasteiger partial charge in [-0.25, -0.2) is 9.69 Å². The molecule has 0 bridgehead atoms. The number of nitrogens with zero attached hydrogens (tertiary/aromatic N) is 1. The Balaban J connectivity index is 1.61. The van der Waals surface area contributed by atoms with Crippen LogP contribution in [0, 0.1) is 0 Å². The molecule has 2 fully saturated rings. The number of anilines is 1. The van der Waals surface area contributed by atoms with Gasteiger partial charge in [-0.2, -0.15) is 13.2 Å². The van der Waals surface area contributed by atoms with Gasteiger partial charge in [0.1, 0.15) is 11.6 Å². The molecule has 152 valence electrons. The van der Waals surface area contributed by atoms with E-state index in [0.29, 0.717) is 24.1 Å². The van der Waals surface area contributed by atoms with Crippen LogP contribution in [0.15, 0.2) is 24.3 Å². The van der Waals surface area contributed by atoms with E-state index in [1.807, 2.05) is 0 Å². The highest BCUT2D eigenvalue weighted by Crippen LogP contribution is 2.35. The molecule has 1 saturated heterocycles. The zero-order chi connectivity index (χ0) is 20.5. The van der Waals surface area contributed by atoms with Crippen molar-refractivity contribution >= 4 is 23.5 Å². The molecule has 1 unspecified atom stereocenters. The highest BCUT2D eigenvalue weighted by molar-refractivity contribution is 6.11. The largest absolute Gasteiger partial charge is 0.389 e. The lowest BCUT2D eigenvalue weighted by atomic mass is 9.97. The van der Waals surface area contributed by atoms with E-state index in [9.17, 15) is 27.6 Å². The zero-order valence-electron chi connectivity index (χ0n) is 15.4. The Morgan fingerprint density at radius 1 is 1.21 bits per heavy atom. The van der Waals surface area contributed by atoms with E-state index >= 15 is 0 Å². The van der Waals surface area contributed by atoms with Gasteiger partial charge < -0.3 is 10.6 Å². The molecule has 1 atom stereocenters. The molecule has 6 nitrogen and oxygen atoms in total. The first-order valence-corrected chi connectivity index (χ1v) is 9.24. The third kappa shape index (κ3) is 4.13. The summed E-state index contributed by atoms with van der Waals surface area (Å²) in [4.78, 5) is 38.4. The van der Waals surface area contributed by atoms with E-state index in [4.69, 9.17) is 0 Å². The van der Waals surface area contributed by atoms with Crippen molar-refractivity contribution in [2.45, 2.75) is 63.2 Å². The van der Waals surface area contributed by atoms with Crippen molar-refractivity contribution in [2.24, 2.45) is 0 Å². The lowest BCUT2D eigenvalue weighted by molar-refractivity contribution is -0.136. The number of halogens is 3. The second-order valence-electron chi connectivity index (χ2n) is 7.37. The van der Waals surface area contributed by atoms with Crippen molar-refractivity contribution < 1.29 is 27.6 Å². The fourth-order valence-corrected chi connectivity index (χ4v) is 3.72. The van der Waals surface area contributed by atoms with Crippen molar-refractivity contribution in [3.05, 3.63) is 29.8 Å². The van der Waals surface area contributed by atoms with Crippen molar-refractivity contribution in [2.75, 3.05) is 5.32 Å². The van der Waals surface area contributed by atoms with E-state index < -0.39 is 36.1 Å². The number of hydrogen-bond acceptors (Lipinski definition) is 3. The van der Waals surface area contributed by atoms with E-state index in [1.165, 1.54) is 31.2 Å². The van der Waals surface area contributed by atoms with Crippen molar-refractivity contribution in [1.82, 2.24) is 10.2 Å². The quantitative estimate of drug-likeness (QED) is 0.748. The highest BCUT2D eigenvalue weighted by atomic mass is 19.4. The summed E-state index contributed by atoms with van der Waals surface area (Å²) in [6.07, 6.45) is -2.43. The first kappa shape index (κ1) is 20.2. The Hall–Kier alpha value is -2.58. The average molecular weight is 397 g/mol. The van der Waals surface area contributed by atoms with Crippen LogP contribution < -0.4 is 10.6 Å². The molecule has 1 saturated carbocycles. The minimum atomic E-state index is -4.22. The van der Waals surface area contributed by atoms with Crippen LogP contribution in [0.4, 0.5) is 23.7 Å². The summed E-state index contributed by atoms with van der Waals surface area (Å²) in [7, 11) is 0. The summed E-state index contributed by atoms with van der Waals surface area (Å²) >= 11 is 0. The van der Waals surface area contributed by atoms with Crippen molar-refractivity contribution in [3.8, 4) is 0 Å². The summed E-state index contributed by atoms with van der Waals surface area (Å²) in [6, 6.07) is 4.44. The lowest BCUT2D eigenvalue weighted by Crippen LogP contribution is -2.48. The first-order chi connectivity index (χ1) is 13.1. The third-order valence-electron chi connectivity index (χ3n) is 5.34. The number of amides is 4. The highest BCUT2D eigenvalue weighted by Gasteiger charge is 2.54. The van der Waals surface area contributed by atoms with Crippen LogP contribution in [0.2, 0.25) is 0 Å². The monoisotopic (exact) mass is 397 g/mol. The van der Waals surface area contributed by atoms with Crippen LogP contribution >= 0.6 is 0 Å². The topological polar surface area (TPSA) is 78.5 Å². The number of imide groups is 1. The number of benzene rings is 1. The molecule has 3 rings (SSSR count). The first-order valence-electron chi connectivity index (χ1n) is 9.24. The lowest BCUT2D eigenvalue weighted by Gasteiger charge is -2.23. The van der Waals surface area contributed by atoms with Gasteiger partial charge in [0.2, 0.25) is 5.91 Å². The molecule has 1 aromatic carbocycles. The fraction of sp³-hybridized carbons (Fsp3) is 0.526. The average Bonchev–Trinajstić information content (AvgIpc) is 3.18. The predicted molar refractivity (Wildman–Crippen MR) is 95.5 cm³/mol. The Bertz CT molecular complexity index is 771. The van der Waals surface area contributed by atoms with Crippen LogP contribution in [0.25, 0.3) is 0 Å². The maximum Gasteiger partial charge on any atom is 0.389 e. The van der Waals surface area contributed by atoms with Gasteiger partial charge in [0, 0.05) is 12.1 Å². The summed E-state index contributed by atoms with van der Waals surface area (Å²) in [5.41, 5.74) is 0.00190. The van der Waals surface area contributed by atoms with Crippen LogP contribution in [0.3, 0.4) is 0 Å². The minimum Gasteiger partial charge on any atom is -0.324 e. The molecule has 2 aliphatic rings. The van der Waals surface area contributed by atoms with Crippen LogP contribution in [0.5, 0.6) is 0 Å². The number of carbonyl (C=O) groups excluding carboxylic acids is 3. The number of hydrogen-bond donors (Lipinski definition) is 2. The molecular formula is C19H22F3N3O3. The van der Waals surface area contributed by atoms with Gasteiger partial charge in [0.15, 0.2) is 0 Å². The van der Waals surface area contributed by atoms with E-state index in [0.717, 1.165) is 17.7 Å². The zero-order valence-corrected chi connectivity index (χ0v) is 15.4. The number of aryl methyl sites for hydroxylation is 1. The van der Waals surface area contributed by atoms with Gasteiger partial charge in [0.05, 0.1) is 0 Å². The van der Waals surface area contributed by atoms with Gasteiger partial charge in [-0.1, -0.05) is 25.0 Å². The molecule has 1 aliphatic heterocycles. The molecule has 2 N–H and O–H groups in total. The number of rotatable bonds is 5. The molecule has 9 heteroatoms. The second-order valence-corrected chi connectivity index (χ2v) is 7.37. The Morgan fingerprint density at radius 3 is 2.39 bits per heavy atom. The number of carbonyl (C=O) groups is 3. The second kappa shape index (κ2) is 7.44. The Morgan fingerprint density at radius 2 is 1.82 bits per heavy atom. The summed E-state index contributed by atoms with van der Waals surface area (Å²) in [5.74, 6) is -0.915. The Kier molecular flexibility index (Phi) is 5.36. The normalized spacial score (nSPS) is 19.8. The molecule has 0 radical (unpaired) electrons. The molecule has 0 aromatic heterocycles. The summed E-state index contributed by atoms with van der Waals surface area (Å²) in [6.45, 7) is 1.47. The summed E-state index contributed by atoms with van der Waals surface area (Å²) in [5, 5.41) is 5.33. The van der Waals surface area contributed by atoms with E-state index in [2.05, 4.69) is 10.6 Å². The molecule has 1 aliphatic carbocycles. The number of nitrogens with one attached hydrogen (secondary N) is 2. The standard InChI is InChI=1S/C19H22F3N3O3/c1-12(25-16(27)18(24-17(25)28)9-2-3-10-18)15(26)23-14-6-4-13(5-7-14)8-11-19(20,21)22/h4-7,12H,2-3,8-11H2,1H3,(H,23,26)(H,24,28). The number of alkyl halides is 3. The molecule has 1 spiro atoms. The van der Waals surface area contributed by atoms with Gasteiger partial charge in [0.25, 0.3) is 5.91 Å². The van der Waals surface area contributed by atoms with Gasteiger partial charge >= 0.3 is 12.2 Å². The van der Waals surface area contributed by atoms with Crippen LogP contribution in [-0.4, -0.2) is 40.5 Å². The fourth-order valence-electron chi connectivity index (χ4n) is 3.72. The predicted octanol–water partition coefficient (Wildman–Crippen LogP) is 3.37. The smallest absolute Gasteiger partial charge is 0.324 e. The molecular weight excluding hydrogens is 375 g/mol. The minimum absolute atomic E-state index is 0.140. The van der Waals surface area contributed by atoms with Crippen molar-refractivity contribution in [1.29, 1.82) is 0 Å². The Labute approximate surface area is 160 Å². The third-order valence-corrected chi connectivity index (χ3v) is 5.34. The van der Waals surface area contributed by atoms with Gasteiger partial charge in [-0.05, 0) is 43.9 Å². The maximum absolute atomic E-state index is 12.7. The molecule has 4 amide bonds. The van der Waals surface area contributed by atoms with E-state index in [1.54, 1.807) is 0 Å². The van der Waals surface area contributed by atoms with Crippen LogP contribution in [-0.2, 0) is 16.0 Å². The van der Waals surface area contributed by atoms with Crippen LogP contribution in [0.1, 0.15) is 44.6 Å². The van der Waals surface area contributed by atoms with Gasteiger partial charge in [-0.3, -0.25) is 9.59 Å². The van der Waals surface area contributed by atoms with E-state index in [-0.39, 0.29) is 12.3 Å². The maximum atomic E-state index is 12.7. The SMILES string of the molecule is CC(C(=O)Nc1ccc(CCC(F)(F)F)cc1)N1C(=O)NC2(CCCC2)C1=O. The van der Waals surface area contributed by atoms with Crippen molar-refractivity contribution in [3.63, 3.8) is 0 Å². The van der Waals surface area contributed by atoms with Gasteiger partial charge in [-0.15, -0.1) is 0 Å². The number of urea groups is 1. The molecule has 1 heterocycles.